The summed E-state index contributed by atoms with van der Waals surface area (Å²) in [5.74, 6) is 1.65. The Kier molecular flexibility index (Phi) is 13.0. The third-order valence-corrected chi connectivity index (χ3v) is 8.71. The maximum absolute atomic E-state index is 13.5. The normalized spacial score (nSPS) is 17.3. The van der Waals surface area contributed by atoms with Gasteiger partial charge in [0.1, 0.15) is 5.75 Å². The Bertz CT molecular complexity index is 1020. The number of aliphatic hydroxyl groups is 1. The summed E-state index contributed by atoms with van der Waals surface area (Å²) in [4.78, 5) is 13.5. The molecule has 1 fully saturated rings. The Labute approximate surface area is 242 Å². The highest BCUT2D eigenvalue weighted by Crippen LogP contribution is 2.39. The Morgan fingerprint density at radius 3 is 2.45 bits per heavy atom. The van der Waals surface area contributed by atoms with Crippen LogP contribution in [-0.2, 0) is 27.8 Å². The molecule has 1 saturated carbocycles. The second-order valence-electron chi connectivity index (χ2n) is 11.9. The molecule has 1 amide bonds. The van der Waals surface area contributed by atoms with Gasteiger partial charge in [0, 0.05) is 32.7 Å². The summed E-state index contributed by atoms with van der Waals surface area (Å²) in [7, 11) is 1.71. The average Bonchev–Trinajstić information content (AvgIpc) is 2.98. The molecule has 0 heterocycles. The summed E-state index contributed by atoms with van der Waals surface area (Å²) in [5.41, 5.74) is 9.53. The van der Waals surface area contributed by atoms with E-state index >= 15 is 0 Å². The van der Waals surface area contributed by atoms with Crippen molar-refractivity contribution < 1.29 is 19.4 Å². The van der Waals surface area contributed by atoms with E-state index in [2.05, 4.69) is 56.4 Å². The molecule has 3 rings (SSSR count). The number of benzene rings is 2. The molecular formula is C34H52N2O4. The van der Waals surface area contributed by atoms with Gasteiger partial charge in [0.05, 0.1) is 18.1 Å². The van der Waals surface area contributed by atoms with Gasteiger partial charge in [-0.15, -0.1) is 0 Å². The molecule has 1 aliphatic rings. The van der Waals surface area contributed by atoms with Gasteiger partial charge in [0.25, 0.3) is 0 Å². The number of rotatable bonds is 16. The number of aliphatic hydroxyl groups excluding tert-OH is 1. The van der Waals surface area contributed by atoms with Crippen molar-refractivity contribution in [1.82, 2.24) is 5.32 Å². The topological polar surface area (TPSA) is 93.8 Å². The highest BCUT2D eigenvalue weighted by atomic mass is 16.5. The van der Waals surface area contributed by atoms with Gasteiger partial charge in [-0.05, 0) is 66.7 Å². The molecule has 6 nitrogen and oxygen atoms in total. The van der Waals surface area contributed by atoms with Gasteiger partial charge >= 0.3 is 0 Å². The third-order valence-electron chi connectivity index (χ3n) is 8.71. The predicted molar refractivity (Wildman–Crippen MR) is 163 cm³/mol. The largest absolute Gasteiger partial charge is 0.493 e. The maximum atomic E-state index is 13.5. The van der Waals surface area contributed by atoms with Crippen LogP contribution in [0, 0.1) is 11.8 Å². The Morgan fingerprint density at radius 1 is 1.07 bits per heavy atom. The molecule has 2 aromatic carbocycles. The summed E-state index contributed by atoms with van der Waals surface area (Å²) in [6.07, 6.45) is 7.44. The average molecular weight is 553 g/mol. The van der Waals surface area contributed by atoms with Crippen LogP contribution in [0.3, 0.4) is 0 Å². The summed E-state index contributed by atoms with van der Waals surface area (Å²) in [6.45, 7) is 8.05. The van der Waals surface area contributed by atoms with Crippen LogP contribution < -0.4 is 15.8 Å². The molecule has 0 unspecified atom stereocenters. The number of hydrogen-bond donors (Lipinski definition) is 3. The number of ether oxygens (including phenoxy) is 2. The zero-order valence-electron chi connectivity index (χ0n) is 25.2. The third kappa shape index (κ3) is 8.79. The molecule has 0 radical (unpaired) electrons. The van der Waals surface area contributed by atoms with E-state index in [1.165, 1.54) is 11.1 Å². The highest BCUT2D eigenvalue weighted by molar-refractivity contribution is 5.88. The minimum absolute atomic E-state index is 0.0131. The van der Waals surface area contributed by atoms with Crippen LogP contribution in [0.15, 0.2) is 48.5 Å². The zero-order valence-corrected chi connectivity index (χ0v) is 25.2. The molecule has 0 bridgehead atoms. The number of carbonyl (C=O) groups is 1. The van der Waals surface area contributed by atoms with E-state index in [1.54, 1.807) is 7.11 Å². The van der Waals surface area contributed by atoms with Crippen LogP contribution in [-0.4, -0.2) is 50.0 Å². The van der Waals surface area contributed by atoms with E-state index in [-0.39, 0.29) is 12.5 Å². The van der Waals surface area contributed by atoms with Gasteiger partial charge in [-0.2, -0.15) is 0 Å². The van der Waals surface area contributed by atoms with Gasteiger partial charge in [-0.25, -0.2) is 0 Å². The van der Waals surface area contributed by atoms with Crippen LogP contribution in [0.5, 0.6) is 5.75 Å². The second kappa shape index (κ2) is 16.1. The number of hydrogen-bond acceptors (Lipinski definition) is 5. The van der Waals surface area contributed by atoms with Crippen molar-refractivity contribution in [3.63, 3.8) is 0 Å². The highest BCUT2D eigenvalue weighted by Gasteiger charge is 2.41. The van der Waals surface area contributed by atoms with Crippen molar-refractivity contribution in [3.05, 3.63) is 65.2 Å². The van der Waals surface area contributed by atoms with Crippen LogP contribution >= 0.6 is 0 Å². The summed E-state index contributed by atoms with van der Waals surface area (Å²) < 4.78 is 11.2. The molecular weight excluding hydrogens is 500 g/mol. The first-order valence-electron chi connectivity index (χ1n) is 15.3. The van der Waals surface area contributed by atoms with Gasteiger partial charge in [-0.3, -0.25) is 4.79 Å². The monoisotopic (exact) mass is 552 g/mol. The minimum atomic E-state index is -0.802. The lowest BCUT2D eigenvalue weighted by atomic mass is 9.68. The Balaban J connectivity index is 1.60. The van der Waals surface area contributed by atoms with Crippen molar-refractivity contribution >= 4 is 5.91 Å². The summed E-state index contributed by atoms with van der Waals surface area (Å²) in [5, 5.41) is 14.1. The maximum Gasteiger partial charge on any atom is 0.230 e. The minimum Gasteiger partial charge on any atom is -0.493 e. The van der Waals surface area contributed by atoms with E-state index in [4.69, 9.17) is 15.2 Å². The summed E-state index contributed by atoms with van der Waals surface area (Å²) in [6, 6.07) is 16.2. The van der Waals surface area contributed by atoms with E-state index in [0.717, 1.165) is 62.7 Å². The fourth-order valence-corrected chi connectivity index (χ4v) is 6.02. The van der Waals surface area contributed by atoms with Gasteiger partial charge in [0.2, 0.25) is 5.91 Å². The number of nitrogens with one attached hydrogen (secondary N) is 1. The van der Waals surface area contributed by atoms with Crippen LogP contribution in [0.4, 0.5) is 0 Å². The molecule has 222 valence electrons. The molecule has 3 atom stereocenters. The summed E-state index contributed by atoms with van der Waals surface area (Å²) >= 11 is 0. The molecule has 1 aliphatic carbocycles. The van der Waals surface area contributed by atoms with Gasteiger partial charge in [-0.1, -0.05) is 82.5 Å². The van der Waals surface area contributed by atoms with Gasteiger partial charge in [0.15, 0.2) is 0 Å². The number of nitrogens with two attached hydrogens (primary N) is 1. The van der Waals surface area contributed by atoms with Crippen molar-refractivity contribution in [2.75, 3.05) is 26.9 Å². The molecule has 4 N–H and O–H groups in total. The number of aryl methyl sites for hydroxylation is 1. The molecule has 40 heavy (non-hydrogen) atoms. The Hall–Kier alpha value is -2.41. The molecule has 0 aromatic heterocycles. The van der Waals surface area contributed by atoms with E-state index < -0.39 is 17.6 Å². The molecule has 0 spiro atoms. The second-order valence-corrected chi connectivity index (χ2v) is 11.9. The van der Waals surface area contributed by atoms with Gasteiger partial charge < -0.3 is 25.6 Å². The number of methoxy groups -OCH3 is 1. The van der Waals surface area contributed by atoms with Crippen molar-refractivity contribution in [2.45, 2.75) is 96.1 Å². The lowest BCUT2D eigenvalue weighted by molar-refractivity contribution is -0.128. The first-order valence-corrected chi connectivity index (χ1v) is 15.3. The fraction of sp³-hybridized carbons (Fsp3) is 0.618. The number of carbonyl (C=O) groups excluding carboxylic acids is 1. The molecule has 0 aliphatic heterocycles. The molecule has 0 saturated heterocycles. The number of amides is 1. The lowest BCUT2D eigenvalue weighted by Gasteiger charge is -2.37. The van der Waals surface area contributed by atoms with Crippen LogP contribution in [0.2, 0.25) is 0 Å². The first kappa shape index (κ1) is 32.1. The van der Waals surface area contributed by atoms with E-state index in [9.17, 15) is 9.90 Å². The lowest BCUT2D eigenvalue weighted by Crippen LogP contribution is -2.50. The van der Waals surface area contributed by atoms with Crippen molar-refractivity contribution in [1.29, 1.82) is 0 Å². The smallest absolute Gasteiger partial charge is 0.230 e. The van der Waals surface area contributed by atoms with E-state index in [1.807, 2.05) is 18.2 Å². The van der Waals surface area contributed by atoms with Crippen LogP contribution in [0.25, 0.3) is 0 Å². The predicted octanol–water partition coefficient (Wildman–Crippen LogP) is 5.58. The quantitative estimate of drug-likeness (QED) is 0.237. The zero-order chi connectivity index (χ0) is 29.0. The fourth-order valence-electron chi connectivity index (χ4n) is 6.02. The van der Waals surface area contributed by atoms with Crippen molar-refractivity contribution in [2.24, 2.45) is 17.6 Å². The standard InChI is InChI=1S/C34H52N2O4/c1-5-27-16-15-26(22-32(27)40-20-12-19-39-4)21-28(25(2)3)23-30(35)31(37)24-36-33(38)34(17-10-7-11-18-34)29-13-8-6-9-14-29/h6,8-9,13-16,22,25,28,30-31,37H,5,7,10-12,17-21,23-24,35H2,1-4H3,(H,36,38)/t28-,30-,31-/m0/s1. The molecule has 2 aromatic rings. The van der Waals surface area contributed by atoms with Crippen LogP contribution in [0.1, 0.15) is 82.4 Å². The first-order chi connectivity index (χ1) is 19.3. The Morgan fingerprint density at radius 2 is 1.80 bits per heavy atom. The van der Waals surface area contributed by atoms with Crippen molar-refractivity contribution in [3.8, 4) is 5.75 Å². The van der Waals surface area contributed by atoms with E-state index in [0.29, 0.717) is 31.5 Å². The SMILES string of the molecule is CCc1ccc(C[C@@H](C[C@H](N)[C@@H](O)CNC(=O)C2(c3ccccc3)CCCCC2)C(C)C)cc1OCCCOC. The molecule has 6 heteroatoms.